The van der Waals surface area contributed by atoms with Gasteiger partial charge in [-0.25, -0.2) is 9.18 Å². The van der Waals surface area contributed by atoms with Crippen molar-refractivity contribution in [3.8, 4) is 0 Å². The summed E-state index contributed by atoms with van der Waals surface area (Å²) in [6.45, 7) is 7.71. The van der Waals surface area contributed by atoms with Crippen LogP contribution in [0.4, 0.5) is 26.2 Å². The summed E-state index contributed by atoms with van der Waals surface area (Å²) in [4.78, 5) is 29.0. The highest BCUT2D eigenvalue weighted by Gasteiger charge is 2.26. The minimum Gasteiger partial charge on any atom is -0.444 e. The van der Waals surface area contributed by atoms with Gasteiger partial charge in [-0.05, 0) is 51.1 Å². The number of carbonyl (C=O) groups is 2. The van der Waals surface area contributed by atoms with E-state index in [0.29, 0.717) is 48.5 Å². The van der Waals surface area contributed by atoms with Crippen LogP contribution < -0.4 is 16.0 Å². The van der Waals surface area contributed by atoms with Crippen LogP contribution in [-0.2, 0) is 11.8 Å². The standard InChI is InChI=1S/C24H29FN6O3/c1-24(2,3)34-23(33)31-9-7-30(8-10-31)17-5-6-20(26)18(13-17)22(32)27-16-11-15-14-29(4)28-21(15)19(25)12-16/h5-6,11-14H,7-10,26H2,1-4H3,(H,27,32). The quantitative estimate of drug-likeness (QED) is 0.569. The Bertz CT molecular complexity index is 1240. The van der Waals surface area contributed by atoms with E-state index in [-0.39, 0.29) is 11.6 Å². The van der Waals surface area contributed by atoms with E-state index in [1.165, 1.54) is 10.7 Å². The summed E-state index contributed by atoms with van der Waals surface area (Å²) in [5.41, 5.74) is 7.52. The Morgan fingerprint density at radius 2 is 1.82 bits per heavy atom. The predicted molar refractivity (Wildman–Crippen MR) is 129 cm³/mol. The molecule has 0 atom stereocenters. The van der Waals surface area contributed by atoms with Gasteiger partial charge >= 0.3 is 6.09 Å². The Hall–Kier alpha value is -3.82. The van der Waals surface area contributed by atoms with Gasteiger partial charge in [-0.2, -0.15) is 5.10 Å². The molecule has 1 aliphatic heterocycles. The zero-order chi connectivity index (χ0) is 24.6. The van der Waals surface area contributed by atoms with Gasteiger partial charge in [0.1, 0.15) is 11.1 Å². The number of hydrogen-bond acceptors (Lipinski definition) is 6. The Labute approximate surface area is 197 Å². The van der Waals surface area contributed by atoms with E-state index in [2.05, 4.69) is 15.3 Å². The van der Waals surface area contributed by atoms with Gasteiger partial charge in [0.15, 0.2) is 5.82 Å². The van der Waals surface area contributed by atoms with Crippen molar-refractivity contribution >= 4 is 40.0 Å². The SMILES string of the molecule is Cn1cc2cc(NC(=O)c3cc(N4CCN(C(=O)OC(C)(C)C)CC4)ccc3N)cc(F)c2n1. The average Bonchev–Trinajstić information content (AvgIpc) is 3.14. The summed E-state index contributed by atoms with van der Waals surface area (Å²) in [6.07, 6.45) is 1.35. The Morgan fingerprint density at radius 1 is 1.12 bits per heavy atom. The number of nitrogens with two attached hydrogens (primary N) is 1. The van der Waals surface area contributed by atoms with Gasteiger partial charge in [-0.1, -0.05) is 0 Å². The molecule has 4 rings (SSSR count). The fraction of sp³-hybridized carbons (Fsp3) is 0.375. The van der Waals surface area contributed by atoms with Gasteiger partial charge in [-0.15, -0.1) is 0 Å². The van der Waals surface area contributed by atoms with Crippen LogP contribution in [0.1, 0.15) is 31.1 Å². The number of nitrogen functional groups attached to an aromatic ring is 1. The van der Waals surface area contributed by atoms with Crippen LogP contribution in [0.25, 0.3) is 10.9 Å². The molecule has 2 amide bonds. The number of piperazine rings is 1. The first kappa shape index (κ1) is 23.3. The second-order valence-electron chi connectivity index (χ2n) is 9.38. The number of benzene rings is 2. The van der Waals surface area contributed by atoms with Crippen molar-refractivity contribution in [2.75, 3.05) is 42.1 Å². The number of anilines is 3. The predicted octanol–water partition coefficient (Wildman–Crippen LogP) is 3.60. The molecule has 1 aliphatic rings. The van der Waals surface area contributed by atoms with E-state index < -0.39 is 17.3 Å². The second kappa shape index (κ2) is 8.85. The molecule has 34 heavy (non-hydrogen) atoms. The monoisotopic (exact) mass is 468 g/mol. The first-order valence-corrected chi connectivity index (χ1v) is 11.1. The highest BCUT2D eigenvalue weighted by atomic mass is 19.1. The molecular formula is C24H29FN6O3. The van der Waals surface area contributed by atoms with Crippen molar-refractivity contribution in [3.05, 3.63) is 47.9 Å². The van der Waals surface area contributed by atoms with Crippen molar-refractivity contribution in [2.24, 2.45) is 7.05 Å². The molecule has 0 bridgehead atoms. The van der Waals surface area contributed by atoms with Crippen LogP contribution in [0, 0.1) is 5.82 Å². The van der Waals surface area contributed by atoms with Gasteiger partial charge in [0.05, 0.1) is 5.56 Å². The number of halogens is 1. The van der Waals surface area contributed by atoms with Crippen LogP contribution in [0.3, 0.4) is 0 Å². The van der Waals surface area contributed by atoms with Crippen molar-refractivity contribution in [2.45, 2.75) is 26.4 Å². The molecule has 1 saturated heterocycles. The zero-order valence-electron chi connectivity index (χ0n) is 19.8. The van der Waals surface area contributed by atoms with Gasteiger partial charge in [0.2, 0.25) is 0 Å². The topological polar surface area (TPSA) is 106 Å². The first-order valence-electron chi connectivity index (χ1n) is 11.1. The van der Waals surface area contributed by atoms with Crippen molar-refractivity contribution in [3.63, 3.8) is 0 Å². The molecule has 2 heterocycles. The lowest BCUT2D eigenvalue weighted by Crippen LogP contribution is -2.50. The molecule has 0 saturated carbocycles. The Balaban J connectivity index is 1.46. The number of aryl methyl sites for hydroxylation is 1. The van der Waals surface area contributed by atoms with Crippen LogP contribution in [0.15, 0.2) is 36.5 Å². The fourth-order valence-electron chi connectivity index (χ4n) is 3.89. The minimum absolute atomic E-state index is 0.243. The normalized spacial score (nSPS) is 14.4. The molecule has 180 valence electrons. The number of amides is 2. The summed E-state index contributed by atoms with van der Waals surface area (Å²) < 4.78 is 21.3. The molecule has 3 aromatic rings. The number of rotatable bonds is 3. The lowest BCUT2D eigenvalue weighted by atomic mass is 10.1. The fourth-order valence-corrected chi connectivity index (χ4v) is 3.89. The average molecular weight is 469 g/mol. The lowest BCUT2D eigenvalue weighted by molar-refractivity contribution is 0.0240. The van der Waals surface area contributed by atoms with Crippen LogP contribution in [0.5, 0.6) is 0 Å². The molecule has 9 nitrogen and oxygen atoms in total. The highest BCUT2D eigenvalue weighted by Crippen LogP contribution is 2.26. The molecule has 1 aromatic heterocycles. The highest BCUT2D eigenvalue weighted by molar-refractivity contribution is 6.09. The van der Waals surface area contributed by atoms with Gasteiger partial charge in [0.25, 0.3) is 5.91 Å². The maximum atomic E-state index is 14.4. The van der Waals surface area contributed by atoms with E-state index in [4.69, 9.17) is 10.5 Å². The second-order valence-corrected chi connectivity index (χ2v) is 9.38. The third-order valence-electron chi connectivity index (χ3n) is 5.51. The number of hydrogen-bond donors (Lipinski definition) is 2. The first-order chi connectivity index (χ1) is 16.0. The van der Waals surface area contributed by atoms with E-state index in [9.17, 15) is 14.0 Å². The number of nitrogens with one attached hydrogen (secondary N) is 1. The molecule has 0 spiro atoms. The third kappa shape index (κ3) is 5.05. The summed E-state index contributed by atoms with van der Waals surface area (Å²) in [5, 5.41) is 7.39. The Kier molecular flexibility index (Phi) is 6.07. The van der Waals surface area contributed by atoms with E-state index in [1.807, 2.05) is 26.8 Å². The van der Waals surface area contributed by atoms with Crippen molar-refractivity contribution in [1.82, 2.24) is 14.7 Å². The zero-order valence-corrected chi connectivity index (χ0v) is 19.8. The number of aromatic nitrogens is 2. The summed E-state index contributed by atoms with van der Waals surface area (Å²) in [7, 11) is 1.71. The molecule has 10 heteroatoms. The summed E-state index contributed by atoms with van der Waals surface area (Å²) >= 11 is 0. The van der Waals surface area contributed by atoms with Gasteiger partial charge in [0, 0.05) is 61.9 Å². The molecule has 2 aromatic carbocycles. The van der Waals surface area contributed by atoms with E-state index in [1.54, 1.807) is 36.3 Å². The number of ether oxygens (including phenoxy) is 1. The summed E-state index contributed by atoms with van der Waals surface area (Å²) in [5.74, 6) is -0.952. The third-order valence-corrected chi connectivity index (χ3v) is 5.51. The maximum absolute atomic E-state index is 14.4. The van der Waals surface area contributed by atoms with Gasteiger partial charge < -0.3 is 25.6 Å². The number of fused-ring (bicyclic) bond motifs is 1. The largest absolute Gasteiger partial charge is 0.444 e. The molecular weight excluding hydrogens is 439 g/mol. The number of nitrogens with zero attached hydrogens (tertiary/aromatic N) is 4. The molecule has 1 fully saturated rings. The van der Waals surface area contributed by atoms with Crippen molar-refractivity contribution in [1.29, 1.82) is 0 Å². The minimum atomic E-state index is -0.544. The van der Waals surface area contributed by atoms with Gasteiger partial charge in [-0.3, -0.25) is 9.48 Å². The smallest absolute Gasteiger partial charge is 0.410 e. The van der Waals surface area contributed by atoms with Crippen LogP contribution in [0.2, 0.25) is 0 Å². The Morgan fingerprint density at radius 3 is 2.50 bits per heavy atom. The van der Waals surface area contributed by atoms with E-state index in [0.717, 1.165) is 5.69 Å². The number of carbonyl (C=O) groups excluding carboxylic acids is 2. The molecule has 0 unspecified atom stereocenters. The molecule has 0 radical (unpaired) electrons. The molecule has 0 aliphatic carbocycles. The maximum Gasteiger partial charge on any atom is 0.410 e. The van der Waals surface area contributed by atoms with Crippen molar-refractivity contribution < 1.29 is 18.7 Å². The van der Waals surface area contributed by atoms with E-state index >= 15 is 0 Å². The van der Waals surface area contributed by atoms with Crippen LogP contribution in [-0.4, -0.2) is 58.5 Å². The van der Waals surface area contributed by atoms with Crippen LogP contribution >= 0.6 is 0 Å². The molecule has 3 N–H and O–H groups in total. The lowest BCUT2D eigenvalue weighted by Gasteiger charge is -2.37. The summed E-state index contributed by atoms with van der Waals surface area (Å²) in [6, 6.07) is 8.14.